The summed E-state index contributed by atoms with van der Waals surface area (Å²) in [5.74, 6) is 0.198. The van der Waals surface area contributed by atoms with Crippen LogP contribution in [0.25, 0.3) is 6.08 Å². The molecule has 1 unspecified atom stereocenters. The maximum Gasteiger partial charge on any atom is 0.416 e. The molecule has 3 aromatic rings. The summed E-state index contributed by atoms with van der Waals surface area (Å²) in [7, 11) is 1.92. The number of hydrogen-bond donors (Lipinski definition) is 3. The van der Waals surface area contributed by atoms with E-state index in [2.05, 4.69) is 11.0 Å². The van der Waals surface area contributed by atoms with Gasteiger partial charge in [-0.25, -0.2) is 4.79 Å². The minimum atomic E-state index is -4.53. The normalized spacial score (nSPS) is 24.5. The monoisotopic (exact) mass is 879 g/mol. The molecule has 2 bridgehead atoms. The molecule has 4 heterocycles. The van der Waals surface area contributed by atoms with Crippen molar-refractivity contribution in [3.8, 4) is 23.0 Å². The molecule has 13 heteroatoms. The van der Waals surface area contributed by atoms with Crippen molar-refractivity contribution >= 4 is 12.0 Å². The number of ether oxygens (including phenoxy) is 3. The number of nitrogens with zero attached hydrogens (tertiary/aromatic N) is 2. The minimum absolute atomic E-state index is 0. The standard InChI is InChI=1S/C35H35F3N2O7.Ac/c1-16-10-20-12-24-34(44)40-23(29(39(24)4)27(20)31(43)17(16)2)13-22-28(33-32(46-15-47-33)18(3)30(22)42)25(40)14-45-26(41)9-8-19-6-5-7-21(11-19)35(36,37)38;/h5-11,23-25,29,34,42-44H,12-15H2,1-4H3;/b9-8+;/t23?,24-,25-,29-,34-;/m0./s1. The zero-order chi connectivity index (χ0) is 33.5. The molecule has 4 aliphatic rings. The Labute approximate surface area is 311 Å². The summed E-state index contributed by atoms with van der Waals surface area (Å²) in [5.41, 5.74) is 4.40. The first-order chi connectivity index (χ1) is 22.3. The fraction of sp³-hybridized carbons (Fsp3) is 0.400. The minimum Gasteiger partial charge on any atom is -0.507 e. The van der Waals surface area contributed by atoms with Gasteiger partial charge in [-0.05, 0) is 81.1 Å². The molecule has 0 saturated carbocycles. The number of fused-ring (bicyclic) bond motifs is 9. The molecule has 0 amide bonds. The van der Waals surface area contributed by atoms with Gasteiger partial charge in [0.05, 0.1) is 23.7 Å². The van der Waals surface area contributed by atoms with E-state index in [0.29, 0.717) is 41.0 Å². The number of rotatable bonds is 4. The number of carbonyl (C=O) groups excluding carboxylic acids is 1. The van der Waals surface area contributed by atoms with Gasteiger partial charge < -0.3 is 29.5 Å². The van der Waals surface area contributed by atoms with E-state index in [1.165, 1.54) is 18.2 Å². The maximum absolute atomic E-state index is 13.2. The van der Waals surface area contributed by atoms with Crippen molar-refractivity contribution in [1.29, 1.82) is 0 Å². The first-order valence-electron chi connectivity index (χ1n) is 15.4. The quantitative estimate of drug-likeness (QED) is 0.240. The molecule has 3 aromatic carbocycles. The van der Waals surface area contributed by atoms with E-state index in [1.54, 1.807) is 6.92 Å². The number of aryl methyl sites for hydroxylation is 1. The van der Waals surface area contributed by atoms with Crippen molar-refractivity contribution in [3.05, 3.63) is 86.5 Å². The van der Waals surface area contributed by atoms with E-state index in [9.17, 15) is 33.3 Å². The molecule has 1 radical (unpaired) electrons. The van der Waals surface area contributed by atoms with E-state index in [1.807, 2.05) is 25.8 Å². The Morgan fingerprint density at radius 1 is 1.02 bits per heavy atom. The molecule has 251 valence electrons. The number of carbonyl (C=O) groups is 1. The second kappa shape index (κ2) is 12.8. The Kier molecular flexibility index (Phi) is 9.35. The van der Waals surface area contributed by atoms with Crippen molar-refractivity contribution in [2.75, 3.05) is 20.4 Å². The summed E-state index contributed by atoms with van der Waals surface area (Å²) in [5, 5.41) is 35.0. The zero-order valence-electron chi connectivity index (χ0n) is 26.8. The predicted molar refractivity (Wildman–Crippen MR) is 164 cm³/mol. The number of aliphatic hydroxyl groups excluding tert-OH is 1. The largest absolute Gasteiger partial charge is 0.507 e. The van der Waals surface area contributed by atoms with Crippen LogP contribution < -0.4 is 9.47 Å². The number of aliphatic hydroxyl groups is 1. The van der Waals surface area contributed by atoms with Gasteiger partial charge in [-0.15, -0.1) is 0 Å². The van der Waals surface area contributed by atoms with Crippen molar-refractivity contribution in [3.63, 3.8) is 0 Å². The molecule has 48 heavy (non-hydrogen) atoms. The van der Waals surface area contributed by atoms with Crippen LogP contribution in [-0.4, -0.2) is 69.8 Å². The molecule has 1 saturated heterocycles. The summed E-state index contributed by atoms with van der Waals surface area (Å²) in [6.07, 6.45) is -2.49. The number of esters is 1. The summed E-state index contributed by atoms with van der Waals surface area (Å²) in [6, 6.07) is 4.67. The molecule has 4 aliphatic heterocycles. The number of benzene rings is 3. The third-order valence-corrected chi connectivity index (χ3v) is 10.3. The van der Waals surface area contributed by atoms with Crippen molar-refractivity contribution < 1.29 is 91.6 Å². The second-order valence-corrected chi connectivity index (χ2v) is 12.8. The smallest absolute Gasteiger partial charge is 0.416 e. The number of piperazine rings is 1. The van der Waals surface area contributed by atoms with Gasteiger partial charge in [0.25, 0.3) is 0 Å². The molecule has 9 nitrogen and oxygen atoms in total. The Morgan fingerprint density at radius 2 is 1.75 bits per heavy atom. The summed E-state index contributed by atoms with van der Waals surface area (Å²) in [6.45, 7) is 5.21. The van der Waals surface area contributed by atoms with Gasteiger partial charge in [0.15, 0.2) is 11.5 Å². The molecular weight excluding hydrogens is 844 g/mol. The van der Waals surface area contributed by atoms with E-state index >= 15 is 0 Å². The second-order valence-electron chi connectivity index (χ2n) is 12.8. The molecule has 1 fully saturated rings. The predicted octanol–water partition coefficient (Wildman–Crippen LogP) is 5.22. The Bertz CT molecular complexity index is 1830. The van der Waals surface area contributed by atoms with Crippen LogP contribution in [0.3, 0.4) is 0 Å². The number of phenolic OH excluding ortho intramolecular Hbond substituents is 2. The third-order valence-electron chi connectivity index (χ3n) is 10.3. The molecule has 0 aromatic heterocycles. The van der Waals surface area contributed by atoms with E-state index in [-0.39, 0.29) is 86.6 Å². The first kappa shape index (κ1) is 35.0. The first-order valence-corrected chi connectivity index (χ1v) is 15.4. The van der Waals surface area contributed by atoms with Gasteiger partial charge in [-0.3, -0.25) is 9.80 Å². The van der Waals surface area contributed by atoms with Gasteiger partial charge in [-0.1, -0.05) is 18.2 Å². The van der Waals surface area contributed by atoms with Crippen molar-refractivity contribution in [2.24, 2.45) is 0 Å². The Hall–Kier alpha value is -2.82. The average molecular weight is 880 g/mol. The Balaban J connectivity index is 0.00000401. The van der Waals surface area contributed by atoms with E-state index in [4.69, 9.17) is 14.2 Å². The van der Waals surface area contributed by atoms with E-state index < -0.39 is 36.0 Å². The SMILES string of the molecule is Cc1cc2c(c(O)c1C)[C@@H]1C3Cc4c(O)c(C)c5c(c4[C@H](COC(=O)/C=C/c4cccc(C(F)(F)F)c4)N3[C@@H](O)[C@H](C2)N1C)OCO5.[Ac]. The van der Waals surface area contributed by atoms with Crippen LogP contribution in [0, 0.1) is 64.8 Å². The van der Waals surface area contributed by atoms with Crippen LogP contribution in [0.15, 0.2) is 36.4 Å². The zero-order valence-corrected chi connectivity index (χ0v) is 31.6. The number of alkyl halides is 3. The van der Waals surface area contributed by atoms with Gasteiger partial charge in [0.2, 0.25) is 6.79 Å². The molecule has 5 atom stereocenters. The molecule has 7 rings (SSSR count). The van der Waals surface area contributed by atoms with Crippen LogP contribution in [0.1, 0.15) is 62.2 Å². The topological polar surface area (TPSA) is 112 Å². The van der Waals surface area contributed by atoms with Crippen molar-refractivity contribution in [1.82, 2.24) is 9.80 Å². The summed E-state index contributed by atoms with van der Waals surface area (Å²) < 4.78 is 56.9. The fourth-order valence-electron chi connectivity index (χ4n) is 7.87. The van der Waals surface area contributed by atoms with Crippen molar-refractivity contribution in [2.45, 2.75) is 70.2 Å². The fourth-order valence-corrected chi connectivity index (χ4v) is 7.87. The Morgan fingerprint density at radius 3 is 2.48 bits per heavy atom. The van der Waals surface area contributed by atoms with Crippen LogP contribution in [0.4, 0.5) is 13.2 Å². The number of phenols is 2. The number of aromatic hydroxyl groups is 2. The third kappa shape index (κ3) is 5.60. The summed E-state index contributed by atoms with van der Waals surface area (Å²) in [4.78, 5) is 17.0. The van der Waals surface area contributed by atoms with Crippen LogP contribution >= 0.6 is 0 Å². The van der Waals surface area contributed by atoms with Gasteiger partial charge in [-0.2, -0.15) is 13.2 Å². The van der Waals surface area contributed by atoms with Crippen LogP contribution in [0.5, 0.6) is 23.0 Å². The molecule has 0 aliphatic carbocycles. The molecule has 3 N–H and O–H groups in total. The summed E-state index contributed by atoms with van der Waals surface area (Å²) >= 11 is 0. The molecular formula is C35H35AcF3N2O7. The van der Waals surface area contributed by atoms with Gasteiger partial charge in [0.1, 0.15) is 24.3 Å². The average Bonchev–Trinajstić information content (AvgIpc) is 3.52. The number of likely N-dealkylation sites (N-methyl/N-ethyl adjacent to an activating group) is 1. The van der Waals surface area contributed by atoms with Gasteiger partial charge >= 0.3 is 12.1 Å². The maximum atomic E-state index is 13.2. The van der Waals surface area contributed by atoms with Crippen LogP contribution in [0.2, 0.25) is 0 Å². The number of halogens is 3. The van der Waals surface area contributed by atoms with Gasteiger partial charge in [0, 0.05) is 78.4 Å². The van der Waals surface area contributed by atoms with Crippen LogP contribution in [-0.2, 0) is 28.5 Å². The number of hydrogen-bond acceptors (Lipinski definition) is 9. The molecule has 0 spiro atoms. The van der Waals surface area contributed by atoms with E-state index in [0.717, 1.165) is 40.5 Å².